The monoisotopic (exact) mass is 295 g/mol. The molecule has 0 aliphatic rings. The molecule has 1 unspecified atom stereocenters. The Morgan fingerprint density at radius 3 is 2.83 bits per heavy atom. The quantitative estimate of drug-likeness (QED) is 0.721. The number of ether oxygens (including phenoxy) is 1. The van der Waals surface area contributed by atoms with Gasteiger partial charge in [0.15, 0.2) is 5.03 Å². The second-order valence-electron chi connectivity index (χ2n) is 3.79. The second kappa shape index (κ2) is 7.08. The van der Waals surface area contributed by atoms with Gasteiger partial charge in [0.2, 0.25) is 0 Å². The molecule has 1 atom stereocenters. The van der Waals surface area contributed by atoms with Crippen molar-refractivity contribution < 1.29 is 13.2 Å². The van der Waals surface area contributed by atoms with Gasteiger partial charge in [-0.2, -0.15) is 0 Å². The summed E-state index contributed by atoms with van der Waals surface area (Å²) in [5.74, 6) is 0.361. The summed E-state index contributed by atoms with van der Waals surface area (Å²) in [4.78, 5) is 3.87. The minimum atomic E-state index is -3.61. The summed E-state index contributed by atoms with van der Waals surface area (Å²) < 4.78 is 33.3. The van der Waals surface area contributed by atoms with Crippen LogP contribution in [-0.4, -0.2) is 43.6 Å². The highest BCUT2D eigenvalue weighted by Crippen LogP contribution is 2.08. The van der Waals surface area contributed by atoms with Gasteiger partial charge in [-0.05, 0) is 13.3 Å². The first kappa shape index (κ1) is 15.4. The number of hydrogen-bond donors (Lipinski definition) is 1. The predicted octanol–water partition coefficient (Wildman–Crippen LogP) is 0.825. The molecule has 1 heterocycles. The normalized spacial score (nSPS) is 13.7. The molecule has 0 radical (unpaired) electrons. The first-order valence-corrected chi connectivity index (χ1v) is 7.64. The summed E-state index contributed by atoms with van der Waals surface area (Å²) in [6.45, 7) is 2.86. The Labute approximate surface area is 112 Å². The standard InChI is InChI=1S/C10H18ClN3O3S/c1-3-14-6-10(12-8-14)18(15,16)13-9(4-5-11)7-17-2/h6,8-9,13H,3-5,7H2,1-2H3. The number of aryl methyl sites for hydroxylation is 1. The topological polar surface area (TPSA) is 73.2 Å². The average molecular weight is 296 g/mol. The van der Waals surface area contributed by atoms with Crippen LogP contribution in [-0.2, 0) is 21.3 Å². The van der Waals surface area contributed by atoms with E-state index in [0.29, 0.717) is 18.8 Å². The number of methoxy groups -OCH3 is 1. The maximum absolute atomic E-state index is 12.0. The summed E-state index contributed by atoms with van der Waals surface area (Å²) >= 11 is 5.62. The summed E-state index contributed by atoms with van der Waals surface area (Å²) in [7, 11) is -2.10. The van der Waals surface area contributed by atoms with Crippen LogP contribution >= 0.6 is 11.6 Å². The zero-order valence-corrected chi connectivity index (χ0v) is 12.0. The van der Waals surface area contributed by atoms with Gasteiger partial charge >= 0.3 is 0 Å². The molecule has 0 bridgehead atoms. The van der Waals surface area contributed by atoms with Crippen molar-refractivity contribution in [3.8, 4) is 0 Å². The Balaban J connectivity index is 2.78. The second-order valence-corrected chi connectivity index (χ2v) is 5.83. The van der Waals surface area contributed by atoms with Gasteiger partial charge in [0.25, 0.3) is 10.0 Å². The van der Waals surface area contributed by atoms with E-state index in [1.165, 1.54) is 19.6 Å². The number of hydrogen-bond acceptors (Lipinski definition) is 4. The molecule has 0 aliphatic heterocycles. The highest BCUT2D eigenvalue weighted by molar-refractivity contribution is 7.89. The predicted molar refractivity (Wildman–Crippen MR) is 69.2 cm³/mol. The smallest absolute Gasteiger partial charge is 0.259 e. The summed E-state index contributed by atoms with van der Waals surface area (Å²) in [6.07, 6.45) is 3.48. The van der Waals surface area contributed by atoms with E-state index < -0.39 is 10.0 Å². The molecule has 1 rings (SSSR count). The molecule has 1 N–H and O–H groups in total. The molecular weight excluding hydrogens is 278 g/mol. The van der Waals surface area contributed by atoms with Crippen LogP contribution in [0.5, 0.6) is 0 Å². The molecular formula is C10H18ClN3O3S. The molecule has 0 fully saturated rings. The van der Waals surface area contributed by atoms with Crippen molar-refractivity contribution in [2.24, 2.45) is 0 Å². The fourth-order valence-corrected chi connectivity index (χ4v) is 2.91. The summed E-state index contributed by atoms with van der Waals surface area (Å²) in [5, 5.41) is 0.0139. The van der Waals surface area contributed by atoms with E-state index >= 15 is 0 Å². The third-order valence-electron chi connectivity index (χ3n) is 2.40. The van der Waals surface area contributed by atoms with Crippen LogP contribution in [0, 0.1) is 0 Å². The first-order chi connectivity index (χ1) is 8.53. The van der Waals surface area contributed by atoms with Gasteiger partial charge in [-0.15, -0.1) is 11.6 Å². The minimum absolute atomic E-state index is 0.0139. The van der Waals surface area contributed by atoms with E-state index in [1.807, 2.05) is 6.92 Å². The largest absolute Gasteiger partial charge is 0.383 e. The Morgan fingerprint density at radius 1 is 1.61 bits per heavy atom. The van der Waals surface area contributed by atoms with Crippen molar-refractivity contribution in [3.05, 3.63) is 12.5 Å². The average Bonchev–Trinajstić information content (AvgIpc) is 2.78. The molecule has 0 saturated carbocycles. The number of imidazole rings is 1. The lowest BCUT2D eigenvalue weighted by atomic mass is 10.3. The van der Waals surface area contributed by atoms with Crippen molar-refractivity contribution >= 4 is 21.6 Å². The molecule has 0 aromatic carbocycles. The van der Waals surface area contributed by atoms with Gasteiger partial charge in [0.1, 0.15) is 0 Å². The molecule has 0 amide bonds. The van der Waals surface area contributed by atoms with Crippen molar-refractivity contribution in [1.29, 1.82) is 0 Å². The van der Waals surface area contributed by atoms with E-state index in [4.69, 9.17) is 16.3 Å². The SMILES string of the molecule is CCn1cnc(S(=O)(=O)NC(CCCl)COC)c1. The zero-order chi connectivity index (χ0) is 13.6. The summed E-state index contributed by atoms with van der Waals surface area (Å²) in [5.41, 5.74) is 0. The number of sulfonamides is 1. The Morgan fingerprint density at radius 2 is 2.33 bits per heavy atom. The van der Waals surface area contributed by atoms with Crippen molar-refractivity contribution in [3.63, 3.8) is 0 Å². The zero-order valence-electron chi connectivity index (χ0n) is 10.5. The van der Waals surface area contributed by atoms with Crippen LogP contribution in [0.3, 0.4) is 0 Å². The Hall–Kier alpha value is -0.630. The van der Waals surface area contributed by atoms with Crippen LogP contribution < -0.4 is 4.72 Å². The lowest BCUT2D eigenvalue weighted by molar-refractivity contribution is 0.173. The van der Waals surface area contributed by atoms with Crippen LogP contribution in [0.4, 0.5) is 0 Å². The third kappa shape index (κ3) is 4.24. The van der Waals surface area contributed by atoms with Gasteiger partial charge in [0.05, 0.1) is 12.9 Å². The fourth-order valence-electron chi connectivity index (χ4n) is 1.44. The Kier molecular flexibility index (Phi) is 6.07. The highest BCUT2D eigenvalue weighted by Gasteiger charge is 2.21. The van der Waals surface area contributed by atoms with Crippen LogP contribution in [0.25, 0.3) is 0 Å². The molecule has 104 valence electrons. The maximum atomic E-state index is 12.0. The van der Waals surface area contributed by atoms with Gasteiger partial charge in [-0.25, -0.2) is 18.1 Å². The molecule has 1 aromatic heterocycles. The van der Waals surface area contributed by atoms with E-state index in [2.05, 4.69) is 9.71 Å². The van der Waals surface area contributed by atoms with Crippen LogP contribution in [0.1, 0.15) is 13.3 Å². The fraction of sp³-hybridized carbons (Fsp3) is 0.700. The van der Waals surface area contributed by atoms with Crippen molar-refractivity contribution in [1.82, 2.24) is 14.3 Å². The van der Waals surface area contributed by atoms with E-state index in [-0.39, 0.29) is 17.7 Å². The minimum Gasteiger partial charge on any atom is -0.383 e. The number of rotatable bonds is 8. The van der Waals surface area contributed by atoms with Crippen molar-refractivity contribution in [2.75, 3.05) is 19.6 Å². The highest BCUT2D eigenvalue weighted by atomic mass is 35.5. The van der Waals surface area contributed by atoms with E-state index in [0.717, 1.165) is 0 Å². The van der Waals surface area contributed by atoms with E-state index in [1.54, 1.807) is 4.57 Å². The molecule has 0 saturated heterocycles. The van der Waals surface area contributed by atoms with Crippen LogP contribution in [0.2, 0.25) is 0 Å². The molecule has 18 heavy (non-hydrogen) atoms. The van der Waals surface area contributed by atoms with Gasteiger partial charge in [0, 0.05) is 31.8 Å². The van der Waals surface area contributed by atoms with Gasteiger partial charge in [-0.3, -0.25) is 0 Å². The molecule has 1 aromatic rings. The maximum Gasteiger partial charge on any atom is 0.259 e. The number of nitrogens with zero attached hydrogens (tertiary/aromatic N) is 2. The lowest BCUT2D eigenvalue weighted by Gasteiger charge is -2.15. The number of halogens is 1. The van der Waals surface area contributed by atoms with E-state index in [9.17, 15) is 8.42 Å². The number of aromatic nitrogens is 2. The first-order valence-electron chi connectivity index (χ1n) is 5.62. The lowest BCUT2D eigenvalue weighted by Crippen LogP contribution is -2.38. The van der Waals surface area contributed by atoms with Crippen molar-refractivity contribution in [2.45, 2.75) is 31.0 Å². The van der Waals surface area contributed by atoms with Crippen LogP contribution in [0.15, 0.2) is 17.6 Å². The third-order valence-corrected chi connectivity index (χ3v) is 4.02. The molecule has 6 nitrogen and oxygen atoms in total. The van der Waals surface area contributed by atoms with Gasteiger partial charge in [-0.1, -0.05) is 0 Å². The molecule has 0 aliphatic carbocycles. The number of alkyl halides is 1. The number of nitrogens with one attached hydrogen (secondary N) is 1. The van der Waals surface area contributed by atoms with Gasteiger partial charge < -0.3 is 9.30 Å². The molecule has 0 spiro atoms. The Bertz CT molecular complexity index is 455. The summed E-state index contributed by atoms with van der Waals surface area (Å²) in [6, 6.07) is -0.343. The molecule has 8 heteroatoms.